The molecule has 2 aliphatic rings. The molecule has 2 unspecified atom stereocenters. The summed E-state index contributed by atoms with van der Waals surface area (Å²) in [4.78, 5) is 12.6. The van der Waals surface area contributed by atoms with Crippen LogP contribution in [0, 0.1) is 0 Å². The van der Waals surface area contributed by atoms with Crippen LogP contribution in [0.3, 0.4) is 0 Å². The second-order valence-corrected chi connectivity index (χ2v) is 6.49. The lowest BCUT2D eigenvalue weighted by atomic mass is 9.90. The van der Waals surface area contributed by atoms with Crippen molar-refractivity contribution in [1.82, 2.24) is 9.78 Å². The standard InChI is InChI=1S/C18H21N3O/c1-3-15-14(10-21(2)20-15)18(22)19-16-6-4-5-13-11-7-8-12(9-11)17(13)16/h4-6,10-12H,3,7-9H2,1-2H3,(H,19,22). The van der Waals surface area contributed by atoms with Crippen LogP contribution in [0.15, 0.2) is 24.4 Å². The van der Waals surface area contributed by atoms with Crippen molar-refractivity contribution in [2.75, 3.05) is 5.32 Å². The zero-order valence-electron chi connectivity index (χ0n) is 13.1. The van der Waals surface area contributed by atoms with Crippen LogP contribution in [0.25, 0.3) is 0 Å². The van der Waals surface area contributed by atoms with Crippen LogP contribution in [0.1, 0.15) is 65.2 Å². The molecule has 2 atom stereocenters. The Balaban J connectivity index is 1.66. The van der Waals surface area contributed by atoms with Crippen LogP contribution >= 0.6 is 0 Å². The smallest absolute Gasteiger partial charge is 0.259 e. The number of nitrogens with zero attached hydrogens (tertiary/aromatic N) is 2. The molecule has 2 aromatic rings. The Morgan fingerprint density at radius 2 is 2.18 bits per heavy atom. The van der Waals surface area contributed by atoms with Gasteiger partial charge in [0.15, 0.2) is 0 Å². The average Bonchev–Trinajstić information content (AvgIpc) is 3.21. The predicted octanol–water partition coefficient (Wildman–Crippen LogP) is 3.60. The first-order valence-corrected chi connectivity index (χ1v) is 8.14. The minimum atomic E-state index is -0.0406. The number of aryl methyl sites for hydroxylation is 2. The predicted molar refractivity (Wildman–Crippen MR) is 86.3 cm³/mol. The Labute approximate surface area is 130 Å². The van der Waals surface area contributed by atoms with Gasteiger partial charge in [0.2, 0.25) is 0 Å². The SMILES string of the molecule is CCc1nn(C)cc1C(=O)Nc1cccc2c1C1CCC2C1. The van der Waals surface area contributed by atoms with Crippen LogP contribution < -0.4 is 5.32 Å². The number of nitrogens with one attached hydrogen (secondary N) is 1. The van der Waals surface area contributed by atoms with Gasteiger partial charge in [0.1, 0.15) is 0 Å². The molecule has 1 aromatic heterocycles. The van der Waals surface area contributed by atoms with E-state index in [0.717, 1.165) is 17.8 Å². The average molecular weight is 295 g/mol. The van der Waals surface area contributed by atoms with E-state index in [-0.39, 0.29) is 5.91 Å². The quantitative estimate of drug-likeness (QED) is 0.940. The molecule has 1 N–H and O–H groups in total. The van der Waals surface area contributed by atoms with Crippen molar-refractivity contribution in [3.63, 3.8) is 0 Å². The van der Waals surface area contributed by atoms with Gasteiger partial charge in [-0.25, -0.2) is 0 Å². The normalized spacial score (nSPS) is 21.9. The summed E-state index contributed by atoms with van der Waals surface area (Å²) in [5.41, 5.74) is 5.38. The molecule has 0 radical (unpaired) electrons. The second kappa shape index (κ2) is 4.97. The molecule has 1 amide bonds. The fourth-order valence-electron chi connectivity index (χ4n) is 4.20. The first-order chi connectivity index (χ1) is 10.7. The van der Waals surface area contributed by atoms with E-state index in [9.17, 15) is 4.79 Å². The second-order valence-electron chi connectivity index (χ2n) is 6.49. The molecular formula is C18H21N3O. The molecule has 22 heavy (non-hydrogen) atoms. The van der Waals surface area contributed by atoms with E-state index < -0.39 is 0 Å². The number of aromatic nitrogens is 2. The Morgan fingerprint density at radius 3 is 3.00 bits per heavy atom. The minimum absolute atomic E-state index is 0.0406. The maximum Gasteiger partial charge on any atom is 0.259 e. The number of rotatable bonds is 3. The highest BCUT2D eigenvalue weighted by atomic mass is 16.1. The highest BCUT2D eigenvalue weighted by Crippen LogP contribution is 2.55. The van der Waals surface area contributed by atoms with E-state index in [4.69, 9.17) is 0 Å². The van der Waals surface area contributed by atoms with Gasteiger partial charge in [0.25, 0.3) is 5.91 Å². The summed E-state index contributed by atoms with van der Waals surface area (Å²) >= 11 is 0. The fourth-order valence-corrected chi connectivity index (χ4v) is 4.20. The Bertz CT molecular complexity index is 747. The molecule has 4 nitrogen and oxygen atoms in total. The third kappa shape index (κ3) is 1.97. The molecule has 1 heterocycles. The first kappa shape index (κ1) is 13.6. The number of hydrogen-bond donors (Lipinski definition) is 1. The lowest BCUT2D eigenvalue weighted by Crippen LogP contribution is -2.15. The van der Waals surface area contributed by atoms with Crippen molar-refractivity contribution in [1.29, 1.82) is 0 Å². The molecule has 2 aliphatic carbocycles. The summed E-state index contributed by atoms with van der Waals surface area (Å²) in [6.45, 7) is 2.03. The zero-order valence-corrected chi connectivity index (χ0v) is 13.1. The largest absolute Gasteiger partial charge is 0.322 e. The number of anilines is 1. The van der Waals surface area contributed by atoms with Gasteiger partial charge < -0.3 is 5.32 Å². The highest BCUT2D eigenvalue weighted by Gasteiger charge is 2.38. The summed E-state index contributed by atoms with van der Waals surface area (Å²) in [5, 5.41) is 7.50. The number of hydrogen-bond acceptors (Lipinski definition) is 2. The van der Waals surface area contributed by atoms with Gasteiger partial charge >= 0.3 is 0 Å². The van der Waals surface area contributed by atoms with Gasteiger partial charge in [0, 0.05) is 18.9 Å². The molecule has 1 aromatic carbocycles. The number of carbonyl (C=O) groups is 1. The zero-order chi connectivity index (χ0) is 15.3. The van der Waals surface area contributed by atoms with Gasteiger partial charge in [-0.2, -0.15) is 5.10 Å². The Kier molecular flexibility index (Phi) is 3.06. The number of amides is 1. The molecule has 4 heteroatoms. The summed E-state index contributed by atoms with van der Waals surface area (Å²) < 4.78 is 1.71. The minimum Gasteiger partial charge on any atom is -0.322 e. The van der Waals surface area contributed by atoms with Crippen molar-refractivity contribution >= 4 is 11.6 Å². The van der Waals surface area contributed by atoms with Gasteiger partial charge in [-0.3, -0.25) is 9.48 Å². The van der Waals surface area contributed by atoms with Crippen LogP contribution in [-0.4, -0.2) is 15.7 Å². The van der Waals surface area contributed by atoms with Crippen LogP contribution in [0.5, 0.6) is 0 Å². The molecular weight excluding hydrogens is 274 g/mol. The van der Waals surface area contributed by atoms with E-state index >= 15 is 0 Å². The van der Waals surface area contributed by atoms with Crippen LogP contribution in [-0.2, 0) is 13.5 Å². The highest BCUT2D eigenvalue weighted by molar-refractivity contribution is 6.05. The van der Waals surface area contributed by atoms with Crippen molar-refractivity contribution < 1.29 is 4.79 Å². The van der Waals surface area contributed by atoms with E-state index in [2.05, 4.69) is 22.5 Å². The topological polar surface area (TPSA) is 46.9 Å². The van der Waals surface area contributed by atoms with E-state index in [1.54, 1.807) is 4.68 Å². The number of fused-ring (bicyclic) bond motifs is 5. The fraction of sp³-hybridized carbons (Fsp3) is 0.444. The van der Waals surface area contributed by atoms with Gasteiger partial charge in [-0.1, -0.05) is 19.1 Å². The third-order valence-electron chi connectivity index (χ3n) is 5.15. The van der Waals surface area contributed by atoms with Gasteiger partial charge in [-0.05, 0) is 54.7 Å². The maximum absolute atomic E-state index is 12.6. The molecule has 1 fully saturated rings. The van der Waals surface area contributed by atoms with Crippen LogP contribution in [0.2, 0.25) is 0 Å². The molecule has 0 spiro atoms. The Morgan fingerprint density at radius 1 is 1.36 bits per heavy atom. The lowest BCUT2D eigenvalue weighted by Gasteiger charge is -2.19. The van der Waals surface area contributed by atoms with Crippen molar-refractivity contribution in [3.05, 3.63) is 46.8 Å². The summed E-state index contributed by atoms with van der Waals surface area (Å²) in [6.07, 6.45) is 6.40. The van der Waals surface area contributed by atoms with Gasteiger partial charge in [-0.15, -0.1) is 0 Å². The molecule has 4 rings (SSSR count). The van der Waals surface area contributed by atoms with Crippen molar-refractivity contribution in [2.24, 2.45) is 7.05 Å². The molecule has 2 bridgehead atoms. The molecule has 0 aliphatic heterocycles. The summed E-state index contributed by atoms with van der Waals surface area (Å²) in [7, 11) is 1.86. The van der Waals surface area contributed by atoms with Crippen molar-refractivity contribution in [3.8, 4) is 0 Å². The monoisotopic (exact) mass is 295 g/mol. The molecule has 1 saturated carbocycles. The van der Waals surface area contributed by atoms with Crippen LogP contribution in [0.4, 0.5) is 5.69 Å². The Hall–Kier alpha value is -2.10. The summed E-state index contributed by atoms with van der Waals surface area (Å²) in [5.74, 6) is 1.30. The first-order valence-electron chi connectivity index (χ1n) is 8.14. The lowest BCUT2D eigenvalue weighted by molar-refractivity contribution is 0.102. The van der Waals surface area contributed by atoms with E-state index in [1.807, 2.05) is 26.2 Å². The van der Waals surface area contributed by atoms with Crippen molar-refractivity contribution in [2.45, 2.75) is 44.4 Å². The van der Waals surface area contributed by atoms with Gasteiger partial charge in [0.05, 0.1) is 11.3 Å². The molecule has 0 saturated heterocycles. The summed E-state index contributed by atoms with van der Waals surface area (Å²) in [6, 6.07) is 6.34. The number of benzene rings is 1. The third-order valence-corrected chi connectivity index (χ3v) is 5.15. The van der Waals surface area contributed by atoms with E-state index in [0.29, 0.717) is 17.4 Å². The number of carbonyl (C=O) groups excluding carboxylic acids is 1. The van der Waals surface area contributed by atoms with E-state index in [1.165, 1.54) is 30.4 Å². The molecule has 114 valence electrons. The maximum atomic E-state index is 12.6.